The van der Waals surface area contributed by atoms with E-state index in [0.29, 0.717) is 6.20 Å². The monoisotopic (exact) mass is 332 g/mol. The Morgan fingerprint density at radius 1 is 1.27 bits per heavy atom. The average Bonchev–Trinajstić information content (AvgIpc) is 2.35. The third kappa shape index (κ3) is 4.23. The molecule has 0 aromatic carbocycles. The Hall–Kier alpha value is -2.04. The number of ether oxygens (including phenoxy) is 2. The third-order valence-electron chi connectivity index (χ3n) is 2.29. The number of hydrogen-bond donors (Lipinski definition) is 1. The zero-order chi connectivity index (χ0) is 17.1. The molecule has 1 aromatic heterocycles. The van der Waals surface area contributed by atoms with Crippen molar-refractivity contribution >= 4 is 5.97 Å². The third-order valence-corrected chi connectivity index (χ3v) is 2.29. The van der Waals surface area contributed by atoms with E-state index in [1.54, 1.807) is 0 Å². The largest absolute Gasteiger partial charge is 0.573 e. The quantitative estimate of drug-likeness (QED) is 0.678. The SMILES string of the molecule is CCOC(=O)c1ncc(CN)c(OC(F)(F)F)c1C(F)(F)F. The number of carbonyl (C=O) groups is 1. The number of hydrogen-bond acceptors (Lipinski definition) is 5. The molecule has 0 saturated carbocycles. The van der Waals surface area contributed by atoms with Crippen molar-refractivity contribution in [2.24, 2.45) is 5.73 Å². The van der Waals surface area contributed by atoms with Gasteiger partial charge in [-0.2, -0.15) is 13.2 Å². The van der Waals surface area contributed by atoms with Crippen LogP contribution < -0.4 is 10.5 Å². The first-order chi connectivity index (χ1) is 10.0. The molecule has 0 aliphatic carbocycles. The molecule has 0 unspecified atom stereocenters. The van der Waals surface area contributed by atoms with Crippen molar-refractivity contribution < 1.29 is 40.6 Å². The van der Waals surface area contributed by atoms with E-state index in [-0.39, 0.29) is 6.61 Å². The maximum absolute atomic E-state index is 13.1. The molecule has 0 saturated heterocycles. The molecule has 0 aliphatic heterocycles. The molecular weight excluding hydrogens is 322 g/mol. The van der Waals surface area contributed by atoms with Crippen molar-refractivity contribution in [3.8, 4) is 5.75 Å². The summed E-state index contributed by atoms with van der Waals surface area (Å²) in [4.78, 5) is 14.7. The van der Waals surface area contributed by atoms with Gasteiger partial charge in [0, 0.05) is 18.3 Å². The molecule has 22 heavy (non-hydrogen) atoms. The molecule has 1 rings (SSSR count). The lowest BCUT2D eigenvalue weighted by Gasteiger charge is -2.19. The molecule has 5 nitrogen and oxygen atoms in total. The Morgan fingerprint density at radius 3 is 2.27 bits per heavy atom. The van der Waals surface area contributed by atoms with E-state index in [1.807, 2.05) is 0 Å². The van der Waals surface area contributed by atoms with Gasteiger partial charge in [0.2, 0.25) is 0 Å². The first-order valence-corrected chi connectivity index (χ1v) is 5.73. The highest BCUT2D eigenvalue weighted by Gasteiger charge is 2.44. The van der Waals surface area contributed by atoms with Crippen molar-refractivity contribution in [1.29, 1.82) is 0 Å². The lowest BCUT2D eigenvalue weighted by Crippen LogP contribution is -2.25. The van der Waals surface area contributed by atoms with Gasteiger partial charge in [0.05, 0.1) is 6.61 Å². The second-order valence-electron chi connectivity index (χ2n) is 3.81. The highest BCUT2D eigenvalue weighted by Crippen LogP contribution is 2.42. The zero-order valence-corrected chi connectivity index (χ0v) is 11.0. The molecule has 1 aromatic rings. The molecule has 0 spiro atoms. The molecule has 0 fully saturated rings. The average molecular weight is 332 g/mol. The predicted molar refractivity (Wildman–Crippen MR) is 59.8 cm³/mol. The van der Waals surface area contributed by atoms with Crippen LogP contribution in [0.5, 0.6) is 5.75 Å². The van der Waals surface area contributed by atoms with Crippen LogP contribution in [0.3, 0.4) is 0 Å². The number of rotatable bonds is 4. The lowest BCUT2D eigenvalue weighted by atomic mass is 10.1. The number of alkyl halides is 6. The minimum Gasteiger partial charge on any atom is -0.461 e. The Kier molecular flexibility index (Phi) is 5.22. The van der Waals surface area contributed by atoms with Gasteiger partial charge < -0.3 is 15.2 Å². The molecule has 0 aliphatic rings. The van der Waals surface area contributed by atoms with E-state index in [0.717, 1.165) is 0 Å². The molecule has 0 bridgehead atoms. The summed E-state index contributed by atoms with van der Waals surface area (Å²) in [6.07, 6.45) is -10.1. The van der Waals surface area contributed by atoms with Gasteiger partial charge in [-0.05, 0) is 6.92 Å². The summed E-state index contributed by atoms with van der Waals surface area (Å²) in [5.74, 6) is -3.13. The molecule has 124 valence electrons. The normalized spacial score (nSPS) is 12.2. The van der Waals surface area contributed by atoms with E-state index < -0.39 is 47.6 Å². The number of halogens is 6. The van der Waals surface area contributed by atoms with Gasteiger partial charge >= 0.3 is 18.5 Å². The van der Waals surface area contributed by atoms with Gasteiger partial charge in [-0.3, -0.25) is 0 Å². The summed E-state index contributed by atoms with van der Waals surface area (Å²) in [5, 5.41) is 0. The molecule has 0 radical (unpaired) electrons. The summed E-state index contributed by atoms with van der Waals surface area (Å²) in [6.45, 7) is 0.322. The first-order valence-electron chi connectivity index (χ1n) is 5.73. The van der Waals surface area contributed by atoms with E-state index in [9.17, 15) is 31.1 Å². The first kappa shape index (κ1) is 18.0. The maximum Gasteiger partial charge on any atom is 0.573 e. The van der Waals surface area contributed by atoms with Crippen LogP contribution in [0, 0.1) is 0 Å². The molecule has 11 heteroatoms. The van der Waals surface area contributed by atoms with Crippen molar-refractivity contribution in [2.45, 2.75) is 26.0 Å². The van der Waals surface area contributed by atoms with Crippen LogP contribution >= 0.6 is 0 Å². The van der Waals surface area contributed by atoms with Crippen molar-refractivity contribution in [3.63, 3.8) is 0 Å². The van der Waals surface area contributed by atoms with Gasteiger partial charge in [-0.1, -0.05) is 0 Å². The van der Waals surface area contributed by atoms with Crippen LogP contribution in [-0.2, 0) is 17.5 Å². The number of pyridine rings is 1. The summed E-state index contributed by atoms with van der Waals surface area (Å²) in [5.41, 5.74) is 1.13. The minimum absolute atomic E-state index is 0.286. The standard InChI is InChI=1S/C11H10F6N2O3/c1-2-21-9(20)7-6(10(12,13)14)8(22-11(15,16)17)5(3-18)4-19-7/h4H,2-3,18H2,1H3. The Labute approximate surface area is 120 Å². The van der Waals surface area contributed by atoms with Crippen molar-refractivity contribution in [1.82, 2.24) is 4.98 Å². The van der Waals surface area contributed by atoms with Crippen LogP contribution in [0.4, 0.5) is 26.3 Å². The Balaban J connectivity index is 3.61. The van der Waals surface area contributed by atoms with E-state index in [1.165, 1.54) is 6.92 Å². The number of nitrogens with zero attached hydrogens (tertiary/aromatic N) is 1. The second kappa shape index (κ2) is 6.38. The lowest BCUT2D eigenvalue weighted by molar-refractivity contribution is -0.276. The van der Waals surface area contributed by atoms with Crippen LogP contribution in [0.2, 0.25) is 0 Å². The van der Waals surface area contributed by atoms with Gasteiger partial charge in [-0.25, -0.2) is 9.78 Å². The molecular formula is C11H10F6N2O3. The van der Waals surface area contributed by atoms with Gasteiger partial charge in [0.25, 0.3) is 0 Å². The molecule has 0 atom stereocenters. The predicted octanol–water partition coefficient (Wildman–Crippen LogP) is 2.63. The summed E-state index contributed by atoms with van der Waals surface area (Å²) < 4.78 is 84.0. The van der Waals surface area contributed by atoms with Crippen LogP contribution in [0.1, 0.15) is 28.5 Å². The highest BCUT2D eigenvalue weighted by molar-refractivity contribution is 5.90. The second-order valence-corrected chi connectivity index (χ2v) is 3.81. The fraction of sp³-hybridized carbons (Fsp3) is 0.455. The number of aromatic nitrogens is 1. The highest BCUT2D eigenvalue weighted by atomic mass is 19.4. The van der Waals surface area contributed by atoms with Crippen LogP contribution in [0.25, 0.3) is 0 Å². The van der Waals surface area contributed by atoms with E-state index in [4.69, 9.17) is 5.73 Å². The zero-order valence-electron chi connectivity index (χ0n) is 11.0. The Morgan fingerprint density at radius 2 is 1.86 bits per heavy atom. The van der Waals surface area contributed by atoms with Gasteiger partial charge in [0.1, 0.15) is 11.3 Å². The fourth-order valence-corrected chi connectivity index (χ4v) is 1.53. The topological polar surface area (TPSA) is 74.4 Å². The van der Waals surface area contributed by atoms with E-state index in [2.05, 4.69) is 14.5 Å². The van der Waals surface area contributed by atoms with Crippen molar-refractivity contribution in [3.05, 3.63) is 23.0 Å². The van der Waals surface area contributed by atoms with Crippen LogP contribution in [-0.4, -0.2) is 23.9 Å². The summed E-state index contributed by atoms with van der Waals surface area (Å²) >= 11 is 0. The summed E-state index contributed by atoms with van der Waals surface area (Å²) in [7, 11) is 0. The number of esters is 1. The number of nitrogens with two attached hydrogens (primary N) is 1. The smallest absolute Gasteiger partial charge is 0.461 e. The Bertz CT molecular complexity index is 556. The van der Waals surface area contributed by atoms with Gasteiger partial charge in [0.15, 0.2) is 5.69 Å². The molecule has 0 amide bonds. The van der Waals surface area contributed by atoms with Gasteiger partial charge in [-0.15, -0.1) is 13.2 Å². The van der Waals surface area contributed by atoms with Crippen LogP contribution in [0.15, 0.2) is 6.20 Å². The van der Waals surface area contributed by atoms with E-state index >= 15 is 0 Å². The summed E-state index contributed by atoms with van der Waals surface area (Å²) in [6, 6.07) is 0. The number of carbonyl (C=O) groups excluding carboxylic acids is 1. The fourth-order valence-electron chi connectivity index (χ4n) is 1.53. The molecule has 2 N–H and O–H groups in total. The minimum atomic E-state index is -5.41. The molecule has 1 heterocycles. The maximum atomic E-state index is 13.1. The van der Waals surface area contributed by atoms with Crippen molar-refractivity contribution in [2.75, 3.05) is 6.61 Å².